The molecule has 0 spiro atoms. The molecule has 0 radical (unpaired) electrons. The van der Waals surface area contributed by atoms with E-state index in [2.05, 4.69) is 36.4 Å². The van der Waals surface area contributed by atoms with Crippen LogP contribution in [0.25, 0.3) is 0 Å². The van der Waals surface area contributed by atoms with Crippen LogP contribution in [0, 0.1) is 0 Å². The molecule has 0 atom stereocenters. The molecule has 96 valence electrons. The van der Waals surface area contributed by atoms with Crippen LogP contribution in [0.4, 0.5) is 0 Å². The average molecular weight is 258 g/mol. The highest BCUT2D eigenvalue weighted by Crippen LogP contribution is 2.53. The van der Waals surface area contributed by atoms with Crippen molar-refractivity contribution in [3.8, 4) is 0 Å². The lowest BCUT2D eigenvalue weighted by atomic mass is 9.57. The minimum Gasteiger partial charge on any atom is -0.293 e. The molecule has 2 aliphatic carbocycles. The summed E-state index contributed by atoms with van der Waals surface area (Å²) in [5.41, 5.74) is 3.73. The smallest absolute Gasteiger partial charge is 0.178 e. The van der Waals surface area contributed by atoms with Crippen LogP contribution in [0.3, 0.4) is 0 Å². The Balaban J connectivity index is 2.02. The summed E-state index contributed by atoms with van der Waals surface area (Å²) < 4.78 is 0. The van der Waals surface area contributed by atoms with Crippen LogP contribution < -0.4 is 0 Å². The van der Waals surface area contributed by atoms with E-state index in [9.17, 15) is 4.79 Å². The monoisotopic (exact) mass is 258 g/mol. The predicted molar refractivity (Wildman–Crippen MR) is 79.5 cm³/mol. The van der Waals surface area contributed by atoms with Gasteiger partial charge in [-0.05, 0) is 23.1 Å². The predicted octanol–water partition coefficient (Wildman–Crippen LogP) is 3.81. The van der Waals surface area contributed by atoms with Gasteiger partial charge in [0.25, 0.3) is 0 Å². The Morgan fingerprint density at radius 1 is 0.800 bits per heavy atom. The highest BCUT2D eigenvalue weighted by atomic mass is 16.1. The molecule has 20 heavy (non-hydrogen) atoms. The zero-order valence-electron chi connectivity index (χ0n) is 11.0. The van der Waals surface area contributed by atoms with Crippen molar-refractivity contribution in [3.63, 3.8) is 0 Å². The molecule has 0 N–H and O–H groups in total. The first-order valence-corrected chi connectivity index (χ1v) is 6.91. The largest absolute Gasteiger partial charge is 0.293 e. The molecule has 0 fully saturated rings. The fourth-order valence-corrected chi connectivity index (χ4v) is 3.47. The second-order valence-electron chi connectivity index (χ2n) is 5.31. The molecule has 2 aromatic rings. The fraction of sp³-hybridized carbons (Fsp3) is 0.105. The summed E-state index contributed by atoms with van der Waals surface area (Å²) in [6.07, 6.45) is 5.00. The number of carbonyl (C=O) groups is 1. The Hall–Kier alpha value is -2.41. The molecule has 0 heterocycles. The number of allylic oxidation sites excluding steroid dienone is 4. The standard InChI is InChI=1S/C19H14O/c20-18-16-12-7-13-17(16)19(18,14-8-3-1-4-9-14)15-10-5-2-6-11-15/h1-11,13H,12H2. The molecule has 0 unspecified atom stereocenters. The molecular formula is C19H14O. The van der Waals surface area contributed by atoms with E-state index in [0.717, 1.165) is 23.1 Å². The Kier molecular flexibility index (Phi) is 2.31. The highest BCUT2D eigenvalue weighted by Gasteiger charge is 2.55. The van der Waals surface area contributed by atoms with E-state index in [4.69, 9.17) is 0 Å². The highest BCUT2D eigenvalue weighted by molar-refractivity contribution is 6.18. The van der Waals surface area contributed by atoms with E-state index >= 15 is 0 Å². The number of carbonyl (C=O) groups excluding carboxylic acids is 1. The van der Waals surface area contributed by atoms with E-state index in [1.807, 2.05) is 36.4 Å². The van der Waals surface area contributed by atoms with Crippen molar-refractivity contribution in [3.05, 3.63) is 95.1 Å². The van der Waals surface area contributed by atoms with Gasteiger partial charge in [-0.3, -0.25) is 4.79 Å². The topological polar surface area (TPSA) is 17.1 Å². The van der Waals surface area contributed by atoms with Gasteiger partial charge in [0.05, 0.1) is 0 Å². The third-order valence-electron chi connectivity index (χ3n) is 4.36. The van der Waals surface area contributed by atoms with E-state index in [0.29, 0.717) is 0 Å². The van der Waals surface area contributed by atoms with Gasteiger partial charge in [0.2, 0.25) is 0 Å². The third-order valence-corrected chi connectivity index (χ3v) is 4.36. The molecule has 1 nitrogen and oxygen atoms in total. The first kappa shape index (κ1) is 11.4. The van der Waals surface area contributed by atoms with Crippen LogP contribution >= 0.6 is 0 Å². The summed E-state index contributed by atoms with van der Waals surface area (Å²) in [7, 11) is 0. The van der Waals surface area contributed by atoms with Crippen molar-refractivity contribution in [1.29, 1.82) is 0 Å². The van der Waals surface area contributed by atoms with Crippen molar-refractivity contribution >= 4 is 5.78 Å². The molecule has 0 amide bonds. The quantitative estimate of drug-likeness (QED) is 0.800. The lowest BCUT2D eigenvalue weighted by Crippen LogP contribution is -2.47. The second-order valence-corrected chi connectivity index (χ2v) is 5.31. The molecule has 0 aromatic heterocycles. The maximum Gasteiger partial charge on any atom is 0.178 e. The van der Waals surface area contributed by atoms with Gasteiger partial charge < -0.3 is 0 Å². The Bertz CT molecular complexity index is 696. The molecule has 2 aromatic carbocycles. The van der Waals surface area contributed by atoms with Crippen LogP contribution in [0.5, 0.6) is 0 Å². The first-order valence-electron chi connectivity index (χ1n) is 6.91. The van der Waals surface area contributed by atoms with Crippen LogP contribution in [-0.4, -0.2) is 5.78 Å². The van der Waals surface area contributed by atoms with Crippen LogP contribution in [-0.2, 0) is 10.2 Å². The number of rotatable bonds is 2. The zero-order chi connectivity index (χ0) is 13.6. The van der Waals surface area contributed by atoms with Crippen LogP contribution in [0.15, 0.2) is 84.0 Å². The van der Waals surface area contributed by atoms with Crippen molar-refractivity contribution in [2.45, 2.75) is 11.8 Å². The number of hydrogen-bond acceptors (Lipinski definition) is 1. The first-order chi connectivity index (χ1) is 9.85. The summed E-state index contributed by atoms with van der Waals surface area (Å²) in [6, 6.07) is 20.2. The Morgan fingerprint density at radius 2 is 1.35 bits per heavy atom. The maximum atomic E-state index is 12.9. The summed E-state index contributed by atoms with van der Waals surface area (Å²) in [4.78, 5) is 12.9. The lowest BCUT2D eigenvalue weighted by Gasteiger charge is -2.42. The van der Waals surface area contributed by atoms with Crippen LogP contribution in [0.2, 0.25) is 0 Å². The van der Waals surface area contributed by atoms with Crippen molar-refractivity contribution in [2.24, 2.45) is 0 Å². The van der Waals surface area contributed by atoms with Crippen LogP contribution in [0.1, 0.15) is 17.5 Å². The number of hydrogen-bond donors (Lipinski definition) is 0. The Morgan fingerprint density at radius 3 is 1.90 bits per heavy atom. The van der Waals surface area contributed by atoms with E-state index < -0.39 is 5.41 Å². The molecule has 2 aliphatic rings. The van der Waals surface area contributed by atoms with E-state index in [-0.39, 0.29) is 5.78 Å². The molecule has 0 saturated carbocycles. The van der Waals surface area contributed by atoms with Crippen molar-refractivity contribution < 1.29 is 4.79 Å². The molecule has 4 rings (SSSR count). The molecule has 1 heteroatoms. The van der Waals surface area contributed by atoms with Gasteiger partial charge in [0, 0.05) is 5.57 Å². The van der Waals surface area contributed by atoms with Gasteiger partial charge >= 0.3 is 0 Å². The summed E-state index contributed by atoms with van der Waals surface area (Å²) >= 11 is 0. The summed E-state index contributed by atoms with van der Waals surface area (Å²) in [5.74, 6) is 0.259. The minimum atomic E-state index is -0.579. The Labute approximate surface area is 118 Å². The number of Topliss-reactive ketones (excluding diaryl/α,β-unsaturated/α-hetero) is 1. The number of benzene rings is 2. The van der Waals surface area contributed by atoms with E-state index in [1.165, 1.54) is 5.57 Å². The van der Waals surface area contributed by atoms with Crippen molar-refractivity contribution in [2.75, 3.05) is 0 Å². The van der Waals surface area contributed by atoms with Gasteiger partial charge in [0.1, 0.15) is 5.41 Å². The number of ketones is 1. The fourth-order valence-electron chi connectivity index (χ4n) is 3.47. The van der Waals surface area contributed by atoms with Gasteiger partial charge in [-0.15, -0.1) is 0 Å². The third kappa shape index (κ3) is 1.25. The summed E-state index contributed by atoms with van der Waals surface area (Å²) in [6.45, 7) is 0. The average Bonchev–Trinajstić information content (AvgIpc) is 2.95. The van der Waals surface area contributed by atoms with Gasteiger partial charge in [0.15, 0.2) is 5.78 Å². The molecule has 0 aliphatic heterocycles. The second kappa shape index (κ2) is 4.04. The van der Waals surface area contributed by atoms with Crippen molar-refractivity contribution in [1.82, 2.24) is 0 Å². The van der Waals surface area contributed by atoms with Gasteiger partial charge in [-0.2, -0.15) is 0 Å². The van der Waals surface area contributed by atoms with Gasteiger partial charge in [-0.1, -0.05) is 72.8 Å². The summed E-state index contributed by atoms with van der Waals surface area (Å²) in [5, 5.41) is 0. The van der Waals surface area contributed by atoms with E-state index in [1.54, 1.807) is 0 Å². The SMILES string of the molecule is O=C1C2=C(C=CC2)C1(c1ccccc1)c1ccccc1. The molecule has 0 bridgehead atoms. The molecular weight excluding hydrogens is 244 g/mol. The molecule has 0 saturated heterocycles. The zero-order valence-corrected chi connectivity index (χ0v) is 11.0. The maximum absolute atomic E-state index is 12.9. The van der Waals surface area contributed by atoms with Gasteiger partial charge in [-0.25, -0.2) is 0 Å². The normalized spacial score (nSPS) is 18.9. The minimum absolute atomic E-state index is 0.259. The lowest BCUT2D eigenvalue weighted by molar-refractivity contribution is -0.120.